The Balaban J connectivity index is 2.97. The van der Waals surface area contributed by atoms with Crippen molar-refractivity contribution in [2.24, 2.45) is 0 Å². The largest absolute Gasteiger partial charge is 0.444 e. The maximum absolute atomic E-state index is 13.0. The van der Waals surface area contributed by atoms with Crippen molar-refractivity contribution in [1.82, 2.24) is 5.32 Å². The molecule has 0 spiro atoms. The first kappa shape index (κ1) is 16.6. The standard InChI is InChI=1S/C13H13BrF3NO2/c1-12(2,3)20-11(19)18-10(13(15,16)17)8-4-6-9(14)7-5-8/h4,6,10H,1-3H3,(H,18,19)/t10-/m0/s1. The zero-order valence-corrected chi connectivity index (χ0v) is 12.6. The van der Waals surface area contributed by atoms with Crippen LogP contribution in [0.15, 0.2) is 33.7 Å². The first-order valence-electron chi connectivity index (χ1n) is 5.65. The molecule has 7 heteroatoms. The summed E-state index contributed by atoms with van der Waals surface area (Å²) >= 11 is 3.06. The Bertz CT molecular complexity index is 531. The van der Waals surface area contributed by atoms with Crippen molar-refractivity contribution < 1.29 is 22.7 Å². The van der Waals surface area contributed by atoms with E-state index in [1.54, 1.807) is 26.1 Å². The molecule has 3 nitrogen and oxygen atoms in total. The van der Waals surface area contributed by atoms with Gasteiger partial charge in [0.1, 0.15) is 5.60 Å². The van der Waals surface area contributed by atoms with E-state index in [1.807, 2.05) is 0 Å². The number of allylic oxidation sites excluding steroid dienone is 2. The molecule has 0 fully saturated rings. The summed E-state index contributed by atoms with van der Waals surface area (Å²) in [7, 11) is 0. The molecule has 0 unspecified atom stereocenters. The smallest absolute Gasteiger partial charge is 0.413 e. The zero-order valence-electron chi connectivity index (χ0n) is 11.1. The highest BCUT2D eigenvalue weighted by atomic mass is 79.9. The van der Waals surface area contributed by atoms with E-state index in [2.05, 4.69) is 27.4 Å². The van der Waals surface area contributed by atoms with Crippen LogP contribution in [0.2, 0.25) is 0 Å². The van der Waals surface area contributed by atoms with Crippen molar-refractivity contribution in [3.8, 4) is 0 Å². The third-order valence-electron chi connectivity index (χ3n) is 2.03. The van der Waals surface area contributed by atoms with Crippen molar-refractivity contribution in [1.29, 1.82) is 0 Å². The van der Waals surface area contributed by atoms with Crippen LogP contribution in [0, 0.1) is 0 Å². The molecule has 110 valence electrons. The van der Waals surface area contributed by atoms with Gasteiger partial charge in [-0.3, -0.25) is 0 Å². The van der Waals surface area contributed by atoms with Crippen LogP contribution in [0.25, 0.3) is 0 Å². The van der Waals surface area contributed by atoms with Crippen LogP contribution in [0.5, 0.6) is 0 Å². The second-order valence-electron chi connectivity index (χ2n) is 5.01. The minimum Gasteiger partial charge on any atom is -0.444 e. The van der Waals surface area contributed by atoms with Gasteiger partial charge in [-0.25, -0.2) is 4.79 Å². The molecule has 1 aliphatic rings. The van der Waals surface area contributed by atoms with E-state index < -0.39 is 23.9 Å². The van der Waals surface area contributed by atoms with Crippen LogP contribution in [-0.4, -0.2) is 23.9 Å². The lowest BCUT2D eigenvalue weighted by molar-refractivity contribution is -0.145. The maximum atomic E-state index is 13.0. The maximum Gasteiger partial charge on any atom is 0.413 e. The highest BCUT2D eigenvalue weighted by Crippen LogP contribution is 2.27. The fourth-order valence-electron chi connectivity index (χ4n) is 1.31. The van der Waals surface area contributed by atoms with Gasteiger partial charge in [-0.1, -0.05) is 11.5 Å². The molecule has 1 rings (SSSR count). The highest BCUT2D eigenvalue weighted by Gasteiger charge is 2.43. The molecule has 0 aromatic rings. The molecule has 0 aromatic heterocycles. The fourth-order valence-corrected chi connectivity index (χ4v) is 1.54. The van der Waals surface area contributed by atoms with Gasteiger partial charge in [0.2, 0.25) is 0 Å². The van der Waals surface area contributed by atoms with Crippen LogP contribution < -0.4 is 5.32 Å². The SMILES string of the molecule is CC(C)(C)OC(=O)N[C@@H](C1=C=C=C(Br)C=C1)C(F)(F)F. The Hall–Kier alpha value is -1.42. The van der Waals surface area contributed by atoms with Crippen LogP contribution in [-0.2, 0) is 4.74 Å². The predicted octanol–water partition coefficient (Wildman–Crippen LogP) is 3.97. The van der Waals surface area contributed by atoms with Gasteiger partial charge in [-0.05, 0) is 48.9 Å². The van der Waals surface area contributed by atoms with Crippen LogP contribution in [0.1, 0.15) is 20.8 Å². The third-order valence-corrected chi connectivity index (χ3v) is 2.50. The number of hydrogen-bond donors (Lipinski definition) is 1. The summed E-state index contributed by atoms with van der Waals surface area (Å²) in [6.45, 7) is 4.69. The van der Waals surface area contributed by atoms with Gasteiger partial charge in [-0.15, -0.1) is 0 Å². The topological polar surface area (TPSA) is 38.3 Å². The molecular weight excluding hydrogens is 339 g/mol. The van der Waals surface area contributed by atoms with Crippen molar-refractivity contribution in [3.05, 3.63) is 33.7 Å². The number of amides is 1. The predicted molar refractivity (Wildman–Crippen MR) is 71.3 cm³/mol. The van der Waals surface area contributed by atoms with E-state index in [4.69, 9.17) is 4.74 Å². The lowest BCUT2D eigenvalue weighted by atomic mass is 10.1. The molecule has 1 aliphatic carbocycles. The van der Waals surface area contributed by atoms with Crippen molar-refractivity contribution >= 4 is 22.0 Å². The average molecular weight is 352 g/mol. The lowest BCUT2D eigenvalue weighted by Crippen LogP contribution is -2.48. The van der Waals surface area contributed by atoms with Gasteiger partial charge in [-0.2, -0.15) is 13.2 Å². The van der Waals surface area contributed by atoms with E-state index in [1.165, 1.54) is 12.2 Å². The van der Waals surface area contributed by atoms with Crippen LogP contribution >= 0.6 is 15.9 Å². The van der Waals surface area contributed by atoms with Gasteiger partial charge < -0.3 is 10.1 Å². The normalized spacial score (nSPS) is 16.4. The van der Waals surface area contributed by atoms with E-state index in [-0.39, 0.29) is 5.57 Å². The van der Waals surface area contributed by atoms with E-state index in [0.717, 1.165) is 0 Å². The molecule has 0 heterocycles. The summed E-state index contributed by atoms with van der Waals surface area (Å²) in [5.74, 6) is 0. The molecule has 1 N–H and O–H groups in total. The van der Waals surface area contributed by atoms with Gasteiger partial charge in [0.25, 0.3) is 0 Å². The fraction of sp³-hybridized carbons (Fsp3) is 0.462. The summed E-state index contributed by atoms with van der Waals surface area (Å²) in [4.78, 5) is 11.5. The van der Waals surface area contributed by atoms with Gasteiger partial charge in [0.05, 0.1) is 4.48 Å². The number of alkyl halides is 3. The number of hydrogen-bond acceptors (Lipinski definition) is 2. The number of halogens is 4. The molecular formula is C13H13BrF3NO2. The summed E-state index contributed by atoms with van der Waals surface area (Å²) in [6.07, 6.45) is -3.21. The molecule has 0 radical (unpaired) electrons. The molecule has 20 heavy (non-hydrogen) atoms. The van der Waals surface area contributed by atoms with Crippen LogP contribution in [0.3, 0.4) is 0 Å². The van der Waals surface area contributed by atoms with E-state index in [0.29, 0.717) is 4.48 Å². The summed E-state index contributed by atoms with van der Waals surface area (Å²) < 4.78 is 44.2. The van der Waals surface area contributed by atoms with Crippen molar-refractivity contribution in [3.63, 3.8) is 0 Å². The quantitative estimate of drug-likeness (QED) is 0.764. The first-order chi connectivity index (χ1) is 8.99. The van der Waals surface area contributed by atoms with Crippen molar-refractivity contribution in [2.45, 2.75) is 38.6 Å². The Morgan fingerprint density at radius 1 is 1.30 bits per heavy atom. The minimum absolute atomic E-state index is 0.244. The number of carbonyl (C=O) groups is 1. The molecule has 0 aromatic carbocycles. The Labute approximate surface area is 123 Å². The Morgan fingerprint density at radius 3 is 2.30 bits per heavy atom. The number of carbonyl (C=O) groups excluding carboxylic acids is 1. The van der Waals surface area contributed by atoms with Crippen molar-refractivity contribution in [2.75, 3.05) is 0 Å². The molecule has 1 amide bonds. The first-order valence-corrected chi connectivity index (χ1v) is 6.44. The molecule has 0 aliphatic heterocycles. The Kier molecular flexibility index (Phi) is 4.92. The average Bonchev–Trinajstić information content (AvgIpc) is 2.23. The highest BCUT2D eigenvalue weighted by molar-refractivity contribution is 9.11. The number of alkyl carbamates (subject to hydrolysis) is 1. The monoisotopic (exact) mass is 351 g/mol. The second-order valence-corrected chi connectivity index (χ2v) is 5.86. The molecule has 0 bridgehead atoms. The number of nitrogens with one attached hydrogen (secondary N) is 1. The minimum atomic E-state index is -4.66. The molecule has 0 saturated carbocycles. The number of ether oxygens (including phenoxy) is 1. The van der Waals surface area contributed by atoms with Gasteiger partial charge in [0.15, 0.2) is 6.04 Å². The summed E-state index contributed by atoms with van der Waals surface area (Å²) in [5.41, 5.74) is 3.70. The lowest BCUT2D eigenvalue weighted by Gasteiger charge is -2.25. The van der Waals surface area contributed by atoms with E-state index in [9.17, 15) is 18.0 Å². The zero-order chi connectivity index (χ0) is 15.6. The third kappa shape index (κ3) is 5.29. The molecule has 1 atom stereocenters. The van der Waals surface area contributed by atoms with Gasteiger partial charge in [0, 0.05) is 5.57 Å². The summed E-state index contributed by atoms with van der Waals surface area (Å²) in [6, 6.07) is -2.19. The number of rotatable bonds is 2. The second kappa shape index (κ2) is 5.92. The molecule has 0 saturated heterocycles. The Morgan fingerprint density at radius 2 is 1.90 bits per heavy atom. The van der Waals surface area contributed by atoms with Gasteiger partial charge >= 0.3 is 12.3 Å². The van der Waals surface area contributed by atoms with Crippen LogP contribution in [0.4, 0.5) is 18.0 Å². The van der Waals surface area contributed by atoms with E-state index >= 15 is 0 Å². The summed E-state index contributed by atoms with van der Waals surface area (Å²) in [5, 5.41) is 1.80.